The molecule has 0 unspecified atom stereocenters. The zero-order valence-electron chi connectivity index (χ0n) is 10.0. The molecule has 0 N–H and O–H groups in total. The van der Waals surface area contributed by atoms with E-state index >= 15 is 0 Å². The molecule has 1 atom stereocenters. The third-order valence-corrected chi connectivity index (χ3v) is 4.11. The maximum atomic E-state index is 11.6. The van der Waals surface area contributed by atoms with E-state index in [0.717, 1.165) is 31.3 Å². The molecule has 0 aromatic carbocycles. The molecule has 0 amide bonds. The summed E-state index contributed by atoms with van der Waals surface area (Å²) >= 11 is 0. The van der Waals surface area contributed by atoms with Crippen LogP contribution in [0.4, 0.5) is 0 Å². The van der Waals surface area contributed by atoms with Crippen LogP contribution >= 0.6 is 0 Å². The first kappa shape index (κ1) is 10.7. The number of allylic oxidation sites excluding steroid dienone is 4. The molecule has 0 saturated heterocycles. The van der Waals surface area contributed by atoms with Crippen molar-refractivity contribution in [1.29, 1.82) is 0 Å². The van der Waals surface area contributed by atoms with E-state index in [-0.39, 0.29) is 0 Å². The van der Waals surface area contributed by atoms with Gasteiger partial charge in [0.1, 0.15) is 0 Å². The highest BCUT2D eigenvalue weighted by Gasteiger charge is 2.37. The SMILES string of the molecule is CC(=O)C1=C2CCC(C)=CC[C@@]2(C)CC1. The van der Waals surface area contributed by atoms with Crippen molar-refractivity contribution < 1.29 is 4.79 Å². The lowest BCUT2D eigenvalue weighted by atomic mass is 9.79. The quantitative estimate of drug-likeness (QED) is 0.594. The summed E-state index contributed by atoms with van der Waals surface area (Å²) in [5.74, 6) is 0.299. The molecule has 0 aromatic rings. The van der Waals surface area contributed by atoms with Gasteiger partial charge < -0.3 is 0 Å². The number of Topliss-reactive ketones (excluding diaryl/α,β-unsaturated/α-hetero) is 1. The Balaban J connectivity index is 2.38. The van der Waals surface area contributed by atoms with Crippen molar-refractivity contribution in [2.45, 2.75) is 52.9 Å². The largest absolute Gasteiger partial charge is 0.295 e. The van der Waals surface area contributed by atoms with Gasteiger partial charge in [0.05, 0.1) is 0 Å². The monoisotopic (exact) mass is 204 g/mol. The van der Waals surface area contributed by atoms with Gasteiger partial charge in [-0.15, -0.1) is 0 Å². The molecular weight excluding hydrogens is 184 g/mol. The van der Waals surface area contributed by atoms with Gasteiger partial charge in [-0.05, 0) is 56.9 Å². The van der Waals surface area contributed by atoms with Gasteiger partial charge in [-0.25, -0.2) is 0 Å². The van der Waals surface area contributed by atoms with E-state index in [9.17, 15) is 4.79 Å². The van der Waals surface area contributed by atoms with Gasteiger partial charge in [0.25, 0.3) is 0 Å². The van der Waals surface area contributed by atoms with E-state index in [1.54, 1.807) is 6.92 Å². The molecule has 0 spiro atoms. The Hall–Kier alpha value is -0.850. The number of rotatable bonds is 1. The lowest BCUT2D eigenvalue weighted by Crippen LogP contribution is -2.14. The Labute approximate surface area is 92.3 Å². The van der Waals surface area contributed by atoms with Crippen molar-refractivity contribution >= 4 is 5.78 Å². The predicted molar refractivity (Wildman–Crippen MR) is 62.7 cm³/mol. The third-order valence-electron chi connectivity index (χ3n) is 4.11. The molecule has 1 nitrogen and oxygen atoms in total. The summed E-state index contributed by atoms with van der Waals surface area (Å²) in [7, 11) is 0. The third kappa shape index (κ3) is 1.80. The van der Waals surface area contributed by atoms with Crippen LogP contribution in [0.15, 0.2) is 22.8 Å². The van der Waals surface area contributed by atoms with Crippen LogP contribution in [0.1, 0.15) is 52.9 Å². The van der Waals surface area contributed by atoms with Crippen molar-refractivity contribution in [3.63, 3.8) is 0 Å². The molecule has 0 bridgehead atoms. The highest BCUT2D eigenvalue weighted by Crippen LogP contribution is 2.49. The molecule has 0 aromatic heterocycles. The molecule has 0 aliphatic heterocycles. The minimum Gasteiger partial charge on any atom is -0.295 e. The second-order valence-corrected chi connectivity index (χ2v) is 5.33. The van der Waals surface area contributed by atoms with Crippen LogP contribution in [0.3, 0.4) is 0 Å². The Morgan fingerprint density at radius 1 is 1.33 bits per heavy atom. The summed E-state index contributed by atoms with van der Waals surface area (Å²) in [4.78, 5) is 11.6. The summed E-state index contributed by atoms with van der Waals surface area (Å²) in [5, 5.41) is 0. The first-order valence-electron chi connectivity index (χ1n) is 5.92. The average molecular weight is 204 g/mol. The number of ketones is 1. The van der Waals surface area contributed by atoms with Crippen LogP contribution in [0.5, 0.6) is 0 Å². The molecule has 0 saturated carbocycles. The molecule has 0 heterocycles. The second-order valence-electron chi connectivity index (χ2n) is 5.33. The fraction of sp³-hybridized carbons (Fsp3) is 0.643. The zero-order chi connectivity index (χ0) is 11.1. The van der Waals surface area contributed by atoms with Crippen LogP contribution in [-0.2, 0) is 4.79 Å². The summed E-state index contributed by atoms with van der Waals surface area (Å²) < 4.78 is 0. The number of hydrogen-bond donors (Lipinski definition) is 0. The van der Waals surface area contributed by atoms with Gasteiger partial charge in [-0.3, -0.25) is 4.79 Å². The van der Waals surface area contributed by atoms with Crippen molar-refractivity contribution in [3.05, 3.63) is 22.8 Å². The van der Waals surface area contributed by atoms with Crippen LogP contribution in [-0.4, -0.2) is 5.78 Å². The van der Waals surface area contributed by atoms with Crippen molar-refractivity contribution in [2.75, 3.05) is 0 Å². The first-order valence-corrected chi connectivity index (χ1v) is 5.92. The molecule has 15 heavy (non-hydrogen) atoms. The molecule has 2 aliphatic rings. The van der Waals surface area contributed by atoms with E-state index in [2.05, 4.69) is 19.9 Å². The van der Waals surface area contributed by atoms with Gasteiger partial charge in [0, 0.05) is 0 Å². The Morgan fingerprint density at radius 3 is 2.73 bits per heavy atom. The molecule has 0 fully saturated rings. The molecular formula is C14H20O. The fourth-order valence-corrected chi connectivity index (χ4v) is 2.96. The number of carbonyl (C=O) groups excluding carboxylic acids is 1. The topological polar surface area (TPSA) is 17.1 Å². The van der Waals surface area contributed by atoms with E-state index in [1.165, 1.54) is 17.6 Å². The minimum atomic E-state index is 0.290. The molecule has 2 rings (SSSR count). The average Bonchev–Trinajstić information content (AvgIpc) is 2.43. The van der Waals surface area contributed by atoms with E-state index in [0.29, 0.717) is 11.2 Å². The maximum absolute atomic E-state index is 11.6. The second kappa shape index (κ2) is 3.62. The molecule has 0 radical (unpaired) electrons. The summed E-state index contributed by atoms with van der Waals surface area (Å²) in [6, 6.07) is 0. The Morgan fingerprint density at radius 2 is 2.07 bits per heavy atom. The minimum absolute atomic E-state index is 0.290. The maximum Gasteiger partial charge on any atom is 0.155 e. The number of carbonyl (C=O) groups is 1. The van der Waals surface area contributed by atoms with Crippen molar-refractivity contribution in [3.8, 4) is 0 Å². The summed E-state index contributed by atoms with van der Waals surface area (Å²) in [6.45, 7) is 6.25. The van der Waals surface area contributed by atoms with Gasteiger partial charge >= 0.3 is 0 Å². The highest BCUT2D eigenvalue weighted by molar-refractivity contribution is 5.94. The Kier molecular flexibility index (Phi) is 2.57. The van der Waals surface area contributed by atoms with Crippen LogP contribution in [0, 0.1) is 5.41 Å². The number of fused-ring (bicyclic) bond motifs is 1. The van der Waals surface area contributed by atoms with Crippen molar-refractivity contribution in [1.82, 2.24) is 0 Å². The predicted octanol–water partition coefficient (Wildman–Crippen LogP) is 3.80. The summed E-state index contributed by atoms with van der Waals surface area (Å²) in [5.41, 5.74) is 4.38. The zero-order valence-corrected chi connectivity index (χ0v) is 10.0. The molecule has 1 heteroatoms. The number of hydrogen-bond acceptors (Lipinski definition) is 1. The fourth-order valence-electron chi connectivity index (χ4n) is 2.96. The van der Waals surface area contributed by atoms with Crippen LogP contribution < -0.4 is 0 Å². The smallest absolute Gasteiger partial charge is 0.155 e. The van der Waals surface area contributed by atoms with Gasteiger partial charge in [-0.2, -0.15) is 0 Å². The van der Waals surface area contributed by atoms with Gasteiger partial charge in [-0.1, -0.05) is 24.1 Å². The van der Waals surface area contributed by atoms with E-state index in [4.69, 9.17) is 0 Å². The van der Waals surface area contributed by atoms with Gasteiger partial charge in [0.15, 0.2) is 5.78 Å². The van der Waals surface area contributed by atoms with Crippen LogP contribution in [0.25, 0.3) is 0 Å². The lowest BCUT2D eigenvalue weighted by Gasteiger charge is -2.25. The molecule has 2 aliphatic carbocycles. The molecule has 82 valence electrons. The highest BCUT2D eigenvalue weighted by atomic mass is 16.1. The van der Waals surface area contributed by atoms with E-state index in [1.807, 2.05) is 0 Å². The standard InChI is InChI=1S/C14H20O/c1-10-4-5-13-12(11(2)15)7-9-14(13,3)8-6-10/h6H,4-5,7-9H2,1-3H3/t14-/m0/s1. The first-order chi connectivity index (χ1) is 7.03. The van der Waals surface area contributed by atoms with Crippen LogP contribution in [0.2, 0.25) is 0 Å². The van der Waals surface area contributed by atoms with E-state index < -0.39 is 0 Å². The van der Waals surface area contributed by atoms with Gasteiger partial charge in [0.2, 0.25) is 0 Å². The Bertz CT molecular complexity index is 360. The lowest BCUT2D eigenvalue weighted by molar-refractivity contribution is -0.113. The van der Waals surface area contributed by atoms with Crippen molar-refractivity contribution in [2.24, 2.45) is 5.41 Å². The normalized spacial score (nSPS) is 31.0. The summed E-state index contributed by atoms with van der Waals surface area (Å²) in [6.07, 6.45) is 7.92.